The number of rotatable bonds is 5. The van der Waals surface area contributed by atoms with Gasteiger partial charge in [-0.2, -0.15) is 13.2 Å². The zero-order valence-corrected chi connectivity index (χ0v) is 11.9. The fraction of sp³-hybridized carbons (Fsp3) is 0.333. The SMILES string of the molecule is C[C@H](CO)NCc1ccnc(-c2ccc(C(F)(F)F)cc2)n1. The van der Waals surface area contributed by atoms with Gasteiger partial charge < -0.3 is 10.4 Å². The summed E-state index contributed by atoms with van der Waals surface area (Å²) in [6.07, 6.45) is -2.80. The molecule has 0 saturated carbocycles. The van der Waals surface area contributed by atoms with Crippen LogP contribution in [0.2, 0.25) is 0 Å². The van der Waals surface area contributed by atoms with Gasteiger partial charge in [0.15, 0.2) is 5.82 Å². The van der Waals surface area contributed by atoms with Gasteiger partial charge >= 0.3 is 6.18 Å². The zero-order valence-electron chi connectivity index (χ0n) is 11.9. The minimum atomic E-state index is -4.36. The van der Waals surface area contributed by atoms with Gasteiger partial charge in [-0.3, -0.25) is 0 Å². The summed E-state index contributed by atoms with van der Waals surface area (Å²) >= 11 is 0. The Morgan fingerprint density at radius 1 is 1.18 bits per heavy atom. The van der Waals surface area contributed by atoms with Crippen LogP contribution in [-0.4, -0.2) is 27.7 Å². The van der Waals surface area contributed by atoms with Crippen LogP contribution >= 0.6 is 0 Å². The Hall–Kier alpha value is -1.99. The fourth-order valence-corrected chi connectivity index (χ4v) is 1.79. The standard InChI is InChI=1S/C15H16F3N3O/c1-10(9-22)20-8-13-6-7-19-14(21-13)11-2-4-12(5-3-11)15(16,17)18/h2-7,10,20,22H,8-9H2,1H3/t10-/m1/s1. The Bertz CT molecular complexity index is 614. The third-order valence-corrected chi connectivity index (χ3v) is 3.09. The number of benzene rings is 1. The Balaban J connectivity index is 2.15. The average molecular weight is 311 g/mol. The molecule has 0 unspecified atom stereocenters. The molecule has 7 heteroatoms. The summed E-state index contributed by atoms with van der Waals surface area (Å²) in [6.45, 7) is 2.28. The van der Waals surface area contributed by atoms with E-state index < -0.39 is 11.7 Å². The van der Waals surface area contributed by atoms with E-state index in [2.05, 4.69) is 15.3 Å². The van der Waals surface area contributed by atoms with E-state index >= 15 is 0 Å². The number of hydrogen-bond acceptors (Lipinski definition) is 4. The highest BCUT2D eigenvalue weighted by Gasteiger charge is 2.30. The third kappa shape index (κ3) is 4.25. The normalized spacial score (nSPS) is 13.1. The van der Waals surface area contributed by atoms with Crippen LogP contribution in [0.25, 0.3) is 11.4 Å². The number of nitrogens with one attached hydrogen (secondary N) is 1. The first-order chi connectivity index (χ1) is 10.4. The quantitative estimate of drug-likeness (QED) is 0.891. The molecule has 0 aliphatic heterocycles. The van der Waals surface area contributed by atoms with Crippen molar-refractivity contribution in [1.29, 1.82) is 0 Å². The van der Waals surface area contributed by atoms with E-state index in [0.717, 1.165) is 12.1 Å². The van der Waals surface area contributed by atoms with E-state index in [4.69, 9.17) is 5.11 Å². The highest BCUT2D eigenvalue weighted by molar-refractivity contribution is 5.55. The van der Waals surface area contributed by atoms with Crippen LogP contribution in [0, 0.1) is 0 Å². The maximum Gasteiger partial charge on any atom is 0.416 e. The Labute approximate surface area is 126 Å². The number of aliphatic hydroxyl groups excluding tert-OH is 1. The topological polar surface area (TPSA) is 58.0 Å². The van der Waals surface area contributed by atoms with Gasteiger partial charge in [-0.05, 0) is 25.1 Å². The van der Waals surface area contributed by atoms with Crippen molar-refractivity contribution in [2.45, 2.75) is 25.7 Å². The van der Waals surface area contributed by atoms with E-state index in [-0.39, 0.29) is 12.6 Å². The Morgan fingerprint density at radius 3 is 2.45 bits per heavy atom. The summed E-state index contributed by atoms with van der Waals surface area (Å²) in [6, 6.07) is 6.38. The summed E-state index contributed by atoms with van der Waals surface area (Å²) < 4.78 is 37.6. The predicted octanol–water partition coefficient (Wildman–Crippen LogP) is 2.63. The zero-order chi connectivity index (χ0) is 16.2. The van der Waals surface area contributed by atoms with Crippen molar-refractivity contribution < 1.29 is 18.3 Å². The molecule has 1 aromatic heterocycles. The molecule has 2 rings (SSSR count). The van der Waals surface area contributed by atoms with Crippen molar-refractivity contribution >= 4 is 0 Å². The lowest BCUT2D eigenvalue weighted by Crippen LogP contribution is -2.29. The molecule has 0 bridgehead atoms. The lowest BCUT2D eigenvalue weighted by molar-refractivity contribution is -0.137. The highest BCUT2D eigenvalue weighted by atomic mass is 19.4. The lowest BCUT2D eigenvalue weighted by Gasteiger charge is -2.11. The molecule has 1 atom stereocenters. The van der Waals surface area contributed by atoms with Gasteiger partial charge in [0.05, 0.1) is 17.9 Å². The maximum absolute atomic E-state index is 12.5. The molecule has 2 N–H and O–H groups in total. The van der Waals surface area contributed by atoms with Gasteiger partial charge in [0.25, 0.3) is 0 Å². The second-order valence-electron chi connectivity index (χ2n) is 4.91. The molecule has 0 radical (unpaired) electrons. The summed E-state index contributed by atoms with van der Waals surface area (Å²) in [5, 5.41) is 12.0. The van der Waals surface area contributed by atoms with Crippen molar-refractivity contribution in [3.63, 3.8) is 0 Å². The summed E-state index contributed by atoms with van der Waals surface area (Å²) in [7, 11) is 0. The van der Waals surface area contributed by atoms with Crippen LogP contribution in [0.3, 0.4) is 0 Å². The van der Waals surface area contributed by atoms with Crippen molar-refractivity contribution in [1.82, 2.24) is 15.3 Å². The van der Waals surface area contributed by atoms with E-state index in [1.165, 1.54) is 12.1 Å². The van der Waals surface area contributed by atoms with Crippen LogP contribution in [0.4, 0.5) is 13.2 Å². The van der Waals surface area contributed by atoms with Gasteiger partial charge in [0.1, 0.15) is 0 Å². The minimum absolute atomic E-state index is 0.0108. The van der Waals surface area contributed by atoms with Gasteiger partial charge in [-0.25, -0.2) is 9.97 Å². The highest BCUT2D eigenvalue weighted by Crippen LogP contribution is 2.30. The van der Waals surface area contributed by atoms with E-state index in [0.29, 0.717) is 23.6 Å². The molecule has 1 aromatic carbocycles. The average Bonchev–Trinajstić information content (AvgIpc) is 2.52. The van der Waals surface area contributed by atoms with E-state index in [1.54, 1.807) is 12.3 Å². The second-order valence-corrected chi connectivity index (χ2v) is 4.91. The van der Waals surface area contributed by atoms with E-state index in [1.807, 2.05) is 6.92 Å². The monoisotopic (exact) mass is 311 g/mol. The van der Waals surface area contributed by atoms with Crippen LogP contribution in [0.1, 0.15) is 18.2 Å². The minimum Gasteiger partial charge on any atom is -0.395 e. The smallest absolute Gasteiger partial charge is 0.395 e. The molecule has 0 aliphatic carbocycles. The van der Waals surface area contributed by atoms with Crippen LogP contribution in [0.5, 0.6) is 0 Å². The largest absolute Gasteiger partial charge is 0.416 e. The molecule has 118 valence electrons. The van der Waals surface area contributed by atoms with Crippen molar-refractivity contribution in [3.05, 3.63) is 47.8 Å². The number of aliphatic hydroxyl groups is 1. The molecule has 0 spiro atoms. The molecule has 1 heterocycles. The first-order valence-electron chi connectivity index (χ1n) is 6.74. The number of hydrogen-bond donors (Lipinski definition) is 2. The molecule has 4 nitrogen and oxygen atoms in total. The fourth-order valence-electron chi connectivity index (χ4n) is 1.79. The molecule has 0 amide bonds. The van der Waals surface area contributed by atoms with Crippen molar-refractivity contribution in [3.8, 4) is 11.4 Å². The first-order valence-corrected chi connectivity index (χ1v) is 6.74. The Kier molecular flexibility index (Phi) is 5.10. The van der Waals surface area contributed by atoms with Gasteiger partial charge in [0.2, 0.25) is 0 Å². The molecule has 22 heavy (non-hydrogen) atoms. The first kappa shape index (κ1) is 16.4. The van der Waals surface area contributed by atoms with Gasteiger partial charge in [-0.1, -0.05) is 12.1 Å². The van der Waals surface area contributed by atoms with E-state index in [9.17, 15) is 13.2 Å². The van der Waals surface area contributed by atoms with Crippen molar-refractivity contribution in [2.24, 2.45) is 0 Å². The van der Waals surface area contributed by atoms with Crippen molar-refractivity contribution in [2.75, 3.05) is 6.61 Å². The van der Waals surface area contributed by atoms with Crippen LogP contribution in [-0.2, 0) is 12.7 Å². The molecular weight excluding hydrogens is 295 g/mol. The number of alkyl halides is 3. The predicted molar refractivity (Wildman–Crippen MR) is 75.9 cm³/mol. The van der Waals surface area contributed by atoms with Gasteiger partial charge in [0, 0.05) is 24.3 Å². The second kappa shape index (κ2) is 6.85. The Morgan fingerprint density at radius 2 is 1.86 bits per heavy atom. The third-order valence-electron chi connectivity index (χ3n) is 3.09. The molecule has 2 aromatic rings. The summed E-state index contributed by atoms with van der Waals surface area (Å²) in [5.74, 6) is 0.365. The van der Waals surface area contributed by atoms with Crippen LogP contribution in [0.15, 0.2) is 36.5 Å². The summed E-state index contributed by atoms with van der Waals surface area (Å²) in [4.78, 5) is 8.38. The number of nitrogens with zero attached hydrogens (tertiary/aromatic N) is 2. The molecule has 0 saturated heterocycles. The maximum atomic E-state index is 12.5. The molecule has 0 fully saturated rings. The lowest BCUT2D eigenvalue weighted by atomic mass is 10.1. The van der Waals surface area contributed by atoms with Gasteiger partial charge in [-0.15, -0.1) is 0 Å². The summed E-state index contributed by atoms with van der Waals surface area (Å²) in [5.41, 5.74) is 0.515. The number of halogens is 3. The van der Waals surface area contributed by atoms with Crippen LogP contribution < -0.4 is 5.32 Å². The molecular formula is C15H16F3N3O. The molecule has 0 aliphatic rings. The number of aromatic nitrogens is 2.